The first-order chi connectivity index (χ1) is 14.7. The molecule has 4 nitrogen and oxygen atoms in total. The molecule has 2 heterocycles. The Balaban J connectivity index is 1.39. The van der Waals surface area contributed by atoms with Crippen LogP contribution in [0.1, 0.15) is 34.7 Å². The number of carbonyl (C=O) groups excluding carboxylic acids is 1. The average Bonchev–Trinajstić information content (AvgIpc) is 3.19. The minimum Gasteiger partial charge on any atom is -0.334 e. The number of nitrogens with zero attached hydrogens (tertiary/aromatic N) is 3. The third-order valence-corrected chi connectivity index (χ3v) is 6.56. The van der Waals surface area contributed by atoms with Gasteiger partial charge in [-0.25, -0.2) is 4.98 Å². The Morgan fingerprint density at radius 1 is 1.00 bits per heavy atom. The molecule has 3 aromatic rings. The van der Waals surface area contributed by atoms with Gasteiger partial charge in [-0.2, -0.15) is 0 Å². The minimum atomic E-state index is 0.103. The summed E-state index contributed by atoms with van der Waals surface area (Å²) >= 11 is 1.71. The third-order valence-electron chi connectivity index (χ3n) is 5.73. The quantitative estimate of drug-likeness (QED) is 0.547. The Morgan fingerprint density at radius 3 is 2.07 bits per heavy atom. The molecule has 0 atom stereocenters. The molecule has 0 saturated carbocycles. The zero-order chi connectivity index (χ0) is 20.8. The molecular weight excluding hydrogens is 390 g/mol. The van der Waals surface area contributed by atoms with Gasteiger partial charge in [0.1, 0.15) is 0 Å². The van der Waals surface area contributed by atoms with Gasteiger partial charge in [-0.05, 0) is 44.0 Å². The molecule has 0 N–H and O–H groups in total. The molecule has 5 heteroatoms. The van der Waals surface area contributed by atoms with E-state index in [4.69, 9.17) is 0 Å². The van der Waals surface area contributed by atoms with Gasteiger partial charge in [-0.3, -0.25) is 9.69 Å². The van der Waals surface area contributed by atoms with E-state index in [1.54, 1.807) is 11.3 Å². The van der Waals surface area contributed by atoms with Crippen molar-refractivity contribution in [2.24, 2.45) is 5.92 Å². The van der Waals surface area contributed by atoms with Gasteiger partial charge in [0.05, 0.1) is 10.7 Å². The van der Waals surface area contributed by atoms with Crippen molar-refractivity contribution in [1.82, 2.24) is 14.8 Å². The lowest BCUT2D eigenvalue weighted by molar-refractivity contribution is -0.138. The molecule has 0 radical (unpaired) electrons. The number of thiazole rings is 1. The first-order valence-electron chi connectivity index (χ1n) is 10.7. The monoisotopic (exact) mass is 419 g/mol. The summed E-state index contributed by atoms with van der Waals surface area (Å²) in [7, 11) is 0. The van der Waals surface area contributed by atoms with Gasteiger partial charge < -0.3 is 4.90 Å². The molecule has 0 unspecified atom stereocenters. The molecule has 1 aliphatic heterocycles. The molecule has 1 aliphatic rings. The second-order valence-corrected chi connectivity index (χ2v) is 9.14. The SMILES string of the molecule is Cc1nc(CN2CCC(C(=O)N(Cc3ccccc3)Cc3ccccc3)CC2)cs1. The van der Waals surface area contributed by atoms with Crippen LogP contribution in [-0.2, 0) is 24.4 Å². The smallest absolute Gasteiger partial charge is 0.226 e. The van der Waals surface area contributed by atoms with E-state index in [2.05, 4.69) is 39.5 Å². The molecule has 156 valence electrons. The van der Waals surface area contributed by atoms with Crippen molar-refractivity contribution in [1.29, 1.82) is 0 Å². The highest BCUT2D eigenvalue weighted by Crippen LogP contribution is 2.23. The Morgan fingerprint density at radius 2 is 1.57 bits per heavy atom. The largest absolute Gasteiger partial charge is 0.334 e. The fraction of sp³-hybridized carbons (Fsp3) is 0.360. The normalized spacial score (nSPS) is 15.2. The number of rotatable bonds is 7. The van der Waals surface area contributed by atoms with Gasteiger partial charge in [0.25, 0.3) is 0 Å². The zero-order valence-electron chi connectivity index (χ0n) is 17.5. The summed E-state index contributed by atoms with van der Waals surface area (Å²) in [6.45, 7) is 6.17. The standard InChI is InChI=1S/C25H29N3OS/c1-20-26-24(19-30-20)18-27-14-12-23(13-15-27)25(29)28(16-21-8-4-2-5-9-21)17-22-10-6-3-7-11-22/h2-11,19,23H,12-18H2,1H3. The molecule has 0 aliphatic carbocycles. The summed E-state index contributed by atoms with van der Waals surface area (Å²) in [5.41, 5.74) is 3.51. The van der Waals surface area contributed by atoms with E-state index in [0.717, 1.165) is 43.2 Å². The van der Waals surface area contributed by atoms with Crippen LogP contribution in [0.3, 0.4) is 0 Å². The number of aryl methyl sites for hydroxylation is 1. The Hall–Kier alpha value is -2.50. The molecule has 1 saturated heterocycles. The summed E-state index contributed by atoms with van der Waals surface area (Å²) < 4.78 is 0. The van der Waals surface area contributed by atoms with E-state index in [1.165, 1.54) is 11.1 Å². The zero-order valence-corrected chi connectivity index (χ0v) is 18.4. The van der Waals surface area contributed by atoms with Gasteiger partial charge in [-0.1, -0.05) is 60.7 Å². The number of amides is 1. The van der Waals surface area contributed by atoms with Crippen molar-refractivity contribution >= 4 is 17.2 Å². The maximum Gasteiger partial charge on any atom is 0.226 e. The maximum atomic E-state index is 13.5. The third kappa shape index (κ3) is 5.55. The topological polar surface area (TPSA) is 36.4 Å². The highest BCUT2D eigenvalue weighted by atomic mass is 32.1. The van der Waals surface area contributed by atoms with Crippen LogP contribution in [0.5, 0.6) is 0 Å². The first-order valence-corrected chi connectivity index (χ1v) is 11.6. The van der Waals surface area contributed by atoms with Gasteiger partial charge in [0.2, 0.25) is 5.91 Å². The van der Waals surface area contributed by atoms with Crippen LogP contribution in [0, 0.1) is 12.8 Å². The van der Waals surface area contributed by atoms with E-state index in [1.807, 2.05) is 48.2 Å². The number of likely N-dealkylation sites (tertiary alicyclic amines) is 1. The number of carbonyl (C=O) groups is 1. The average molecular weight is 420 g/mol. The summed E-state index contributed by atoms with van der Waals surface area (Å²) in [4.78, 5) is 22.5. The predicted molar refractivity (Wildman–Crippen MR) is 122 cm³/mol. The van der Waals surface area contributed by atoms with Crippen LogP contribution in [0.4, 0.5) is 0 Å². The summed E-state index contributed by atoms with van der Waals surface area (Å²) in [5, 5.41) is 3.26. The van der Waals surface area contributed by atoms with E-state index in [9.17, 15) is 4.79 Å². The summed E-state index contributed by atoms with van der Waals surface area (Å²) in [5.74, 6) is 0.387. The van der Waals surface area contributed by atoms with Crippen molar-refractivity contribution in [2.75, 3.05) is 13.1 Å². The lowest BCUT2D eigenvalue weighted by Crippen LogP contribution is -2.42. The highest BCUT2D eigenvalue weighted by Gasteiger charge is 2.29. The predicted octanol–water partition coefficient (Wildman–Crippen LogP) is 4.89. The molecule has 30 heavy (non-hydrogen) atoms. The Labute approximate surface area is 183 Å². The molecule has 0 spiro atoms. The number of aromatic nitrogens is 1. The van der Waals surface area contributed by atoms with E-state index < -0.39 is 0 Å². The minimum absolute atomic E-state index is 0.103. The van der Waals surface area contributed by atoms with Gasteiger partial charge in [-0.15, -0.1) is 11.3 Å². The second kappa shape index (κ2) is 10.0. The van der Waals surface area contributed by atoms with Gasteiger partial charge in [0, 0.05) is 30.9 Å². The number of piperidine rings is 1. The van der Waals surface area contributed by atoms with Crippen molar-refractivity contribution in [3.05, 3.63) is 87.9 Å². The molecular formula is C25H29N3OS. The number of hydrogen-bond donors (Lipinski definition) is 0. The molecule has 1 fully saturated rings. The molecule has 2 aromatic carbocycles. The van der Waals surface area contributed by atoms with Crippen molar-refractivity contribution in [3.8, 4) is 0 Å². The lowest BCUT2D eigenvalue weighted by Gasteiger charge is -2.34. The summed E-state index contributed by atoms with van der Waals surface area (Å²) in [6, 6.07) is 20.6. The van der Waals surface area contributed by atoms with Crippen molar-refractivity contribution in [2.45, 2.75) is 39.4 Å². The van der Waals surface area contributed by atoms with Crippen LogP contribution in [-0.4, -0.2) is 33.8 Å². The number of benzene rings is 2. The molecule has 0 bridgehead atoms. The molecule has 1 aromatic heterocycles. The Kier molecular flexibility index (Phi) is 6.92. The van der Waals surface area contributed by atoms with Crippen LogP contribution in [0.25, 0.3) is 0 Å². The second-order valence-electron chi connectivity index (χ2n) is 8.07. The fourth-order valence-electron chi connectivity index (χ4n) is 4.13. The van der Waals surface area contributed by atoms with Crippen LogP contribution in [0.15, 0.2) is 66.0 Å². The van der Waals surface area contributed by atoms with Crippen LogP contribution >= 0.6 is 11.3 Å². The van der Waals surface area contributed by atoms with Gasteiger partial charge >= 0.3 is 0 Å². The van der Waals surface area contributed by atoms with Crippen molar-refractivity contribution < 1.29 is 4.79 Å². The van der Waals surface area contributed by atoms with Crippen LogP contribution in [0.2, 0.25) is 0 Å². The maximum absolute atomic E-state index is 13.5. The first kappa shape index (κ1) is 20.8. The highest BCUT2D eigenvalue weighted by molar-refractivity contribution is 7.09. The van der Waals surface area contributed by atoms with Crippen LogP contribution < -0.4 is 0 Å². The Bertz CT molecular complexity index is 892. The van der Waals surface area contributed by atoms with E-state index in [0.29, 0.717) is 13.1 Å². The van der Waals surface area contributed by atoms with Gasteiger partial charge in [0.15, 0.2) is 0 Å². The molecule has 4 rings (SSSR count). The summed E-state index contributed by atoms with van der Waals surface area (Å²) in [6.07, 6.45) is 1.84. The number of hydrogen-bond acceptors (Lipinski definition) is 4. The lowest BCUT2D eigenvalue weighted by atomic mass is 9.94. The van der Waals surface area contributed by atoms with E-state index in [-0.39, 0.29) is 11.8 Å². The fourth-order valence-corrected chi connectivity index (χ4v) is 4.73. The van der Waals surface area contributed by atoms with Crippen molar-refractivity contribution in [3.63, 3.8) is 0 Å². The van der Waals surface area contributed by atoms with E-state index >= 15 is 0 Å². The molecule has 1 amide bonds.